The van der Waals surface area contributed by atoms with Gasteiger partial charge in [-0.2, -0.15) is 0 Å². The molecule has 0 nitrogen and oxygen atoms in total. The van der Waals surface area contributed by atoms with Crippen LogP contribution in [0.15, 0.2) is 0 Å². The van der Waals surface area contributed by atoms with E-state index in [4.69, 9.17) is 0 Å². The minimum Gasteiger partial charge on any atom is -0.0656 e. The van der Waals surface area contributed by atoms with Gasteiger partial charge < -0.3 is 0 Å². The van der Waals surface area contributed by atoms with Crippen molar-refractivity contribution in [3.63, 3.8) is 0 Å². The molecule has 0 aromatic carbocycles. The molecule has 56 valence electrons. The van der Waals surface area contributed by atoms with Crippen molar-refractivity contribution in [3.8, 4) is 0 Å². The van der Waals surface area contributed by atoms with Crippen LogP contribution in [0.25, 0.3) is 0 Å². The molecule has 0 heterocycles. The summed E-state index contributed by atoms with van der Waals surface area (Å²) in [5, 5.41) is 0. The van der Waals surface area contributed by atoms with Crippen LogP contribution in [-0.4, -0.2) is 0 Å². The molecule has 1 saturated carbocycles. The molecule has 1 aliphatic carbocycles. The van der Waals surface area contributed by atoms with E-state index in [9.17, 15) is 0 Å². The van der Waals surface area contributed by atoms with Crippen molar-refractivity contribution in [1.82, 2.24) is 0 Å². The van der Waals surface area contributed by atoms with E-state index >= 15 is 0 Å². The van der Waals surface area contributed by atoms with E-state index in [0.29, 0.717) is 0 Å². The van der Waals surface area contributed by atoms with Gasteiger partial charge in [0.15, 0.2) is 0 Å². The highest BCUT2D eigenvalue weighted by Gasteiger charge is 2.20. The molecule has 0 aliphatic heterocycles. The Balaban J connectivity index is 0.000000187. The summed E-state index contributed by atoms with van der Waals surface area (Å²) in [6.07, 6.45) is 4.20. The summed E-state index contributed by atoms with van der Waals surface area (Å²) in [5.74, 6) is 2.06. The van der Waals surface area contributed by atoms with E-state index in [1.165, 1.54) is 19.3 Å². The Morgan fingerprint density at radius 1 is 1.00 bits per heavy atom. The van der Waals surface area contributed by atoms with Crippen molar-refractivity contribution in [1.29, 1.82) is 0 Å². The van der Waals surface area contributed by atoms with Crippen LogP contribution in [0.5, 0.6) is 0 Å². The highest BCUT2D eigenvalue weighted by Crippen LogP contribution is 2.32. The number of hydrogen-bond donors (Lipinski definition) is 0. The summed E-state index contributed by atoms with van der Waals surface area (Å²) < 4.78 is 0. The normalized spacial score (nSPS) is 32.0. The lowest BCUT2D eigenvalue weighted by atomic mass is 9.77. The second-order valence-electron chi connectivity index (χ2n) is 3.24. The van der Waals surface area contributed by atoms with Gasteiger partial charge in [0.1, 0.15) is 0 Å². The quantitative estimate of drug-likeness (QED) is 0.468. The zero-order valence-electron chi connectivity index (χ0n) is 7.28. The monoisotopic (exact) mass is 128 g/mol. The van der Waals surface area contributed by atoms with E-state index in [0.717, 1.165) is 11.8 Å². The molecule has 0 spiro atoms. The van der Waals surface area contributed by atoms with Gasteiger partial charge in [-0.1, -0.05) is 47.0 Å². The molecule has 0 amide bonds. The first kappa shape index (κ1) is 9.00. The van der Waals surface area contributed by atoms with E-state index < -0.39 is 0 Å². The first-order valence-corrected chi connectivity index (χ1v) is 4.22. The molecule has 0 heteroatoms. The molecule has 0 aromatic rings. The average molecular weight is 128 g/mol. The standard InChI is InChI=1S/C6H12.C3H8/c1-5-3-4-6(5)2;1-3-2/h5-6H,3-4H2,1-2H3;3H2,1-2H3. The Kier molecular flexibility index (Phi) is 4.84. The molecule has 0 saturated heterocycles. The SMILES string of the molecule is CC1CCC1C.CCC. The molecule has 0 N–H and O–H groups in total. The average Bonchev–Trinajstić information content (AvgIpc) is 1.86. The van der Waals surface area contributed by atoms with Gasteiger partial charge in [-0.3, -0.25) is 0 Å². The Bertz CT molecular complexity index is 49.1. The predicted molar refractivity (Wildman–Crippen MR) is 43.5 cm³/mol. The van der Waals surface area contributed by atoms with Crippen molar-refractivity contribution in [3.05, 3.63) is 0 Å². The highest BCUT2D eigenvalue weighted by molar-refractivity contribution is 4.71. The van der Waals surface area contributed by atoms with E-state index in [-0.39, 0.29) is 0 Å². The van der Waals surface area contributed by atoms with Gasteiger partial charge in [-0.25, -0.2) is 0 Å². The van der Waals surface area contributed by atoms with Crippen molar-refractivity contribution in [2.24, 2.45) is 11.8 Å². The van der Waals surface area contributed by atoms with Gasteiger partial charge in [0, 0.05) is 0 Å². The summed E-state index contributed by atoms with van der Waals surface area (Å²) in [6, 6.07) is 0. The number of hydrogen-bond acceptors (Lipinski definition) is 0. The molecule has 9 heavy (non-hydrogen) atoms. The van der Waals surface area contributed by atoms with Crippen LogP contribution >= 0.6 is 0 Å². The van der Waals surface area contributed by atoms with Crippen LogP contribution in [0.2, 0.25) is 0 Å². The predicted octanol–water partition coefficient (Wildman–Crippen LogP) is 3.47. The molecule has 0 radical (unpaired) electrons. The Morgan fingerprint density at radius 3 is 1.22 bits per heavy atom. The zero-order valence-corrected chi connectivity index (χ0v) is 7.28. The van der Waals surface area contributed by atoms with Crippen molar-refractivity contribution in [2.45, 2.75) is 47.0 Å². The van der Waals surface area contributed by atoms with Gasteiger partial charge in [0.05, 0.1) is 0 Å². The van der Waals surface area contributed by atoms with Gasteiger partial charge >= 0.3 is 0 Å². The molecular weight excluding hydrogens is 108 g/mol. The van der Waals surface area contributed by atoms with Crippen LogP contribution in [0, 0.1) is 11.8 Å². The number of rotatable bonds is 0. The molecule has 2 unspecified atom stereocenters. The van der Waals surface area contributed by atoms with Crippen LogP contribution in [0.3, 0.4) is 0 Å². The topological polar surface area (TPSA) is 0 Å². The van der Waals surface area contributed by atoms with Crippen LogP contribution in [0.4, 0.5) is 0 Å². The van der Waals surface area contributed by atoms with Gasteiger partial charge in [0.2, 0.25) is 0 Å². The summed E-state index contributed by atoms with van der Waals surface area (Å²) in [7, 11) is 0. The second kappa shape index (κ2) is 4.84. The lowest BCUT2D eigenvalue weighted by Gasteiger charge is -2.29. The van der Waals surface area contributed by atoms with Crippen molar-refractivity contribution in [2.75, 3.05) is 0 Å². The van der Waals surface area contributed by atoms with Crippen LogP contribution in [0.1, 0.15) is 47.0 Å². The maximum absolute atomic E-state index is 2.33. The Morgan fingerprint density at radius 2 is 1.22 bits per heavy atom. The lowest BCUT2D eigenvalue weighted by molar-refractivity contribution is 0.219. The maximum atomic E-state index is 2.33. The molecule has 1 fully saturated rings. The first-order valence-electron chi connectivity index (χ1n) is 4.22. The van der Waals surface area contributed by atoms with E-state index in [1.807, 2.05) is 0 Å². The fourth-order valence-corrected chi connectivity index (χ4v) is 0.833. The van der Waals surface area contributed by atoms with Crippen molar-refractivity contribution < 1.29 is 0 Å². The smallest absolute Gasteiger partial charge is 0.0417 e. The minimum atomic E-state index is 1.03. The molecule has 0 bridgehead atoms. The molecule has 2 atom stereocenters. The highest BCUT2D eigenvalue weighted by atomic mass is 14.3. The lowest BCUT2D eigenvalue weighted by Crippen LogP contribution is -2.18. The fourth-order valence-electron chi connectivity index (χ4n) is 0.833. The summed E-state index contributed by atoms with van der Waals surface area (Å²) >= 11 is 0. The van der Waals surface area contributed by atoms with E-state index in [1.54, 1.807) is 0 Å². The zero-order chi connectivity index (χ0) is 7.28. The summed E-state index contributed by atoms with van der Waals surface area (Å²) in [5.41, 5.74) is 0. The molecular formula is C9H20. The van der Waals surface area contributed by atoms with Gasteiger partial charge in [-0.15, -0.1) is 0 Å². The Labute approximate surface area is 59.7 Å². The van der Waals surface area contributed by atoms with Gasteiger partial charge in [-0.05, 0) is 11.8 Å². The van der Waals surface area contributed by atoms with E-state index in [2.05, 4.69) is 27.7 Å². The maximum Gasteiger partial charge on any atom is -0.0417 e. The fraction of sp³-hybridized carbons (Fsp3) is 1.00. The third-order valence-corrected chi connectivity index (χ3v) is 2.05. The van der Waals surface area contributed by atoms with Crippen LogP contribution in [-0.2, 0) is 0 Å². The van der Waals surface area contributed by atoms with Crippen molar-refractivity contribution >= 4 is 0 Å². The largest absolute Gasteiger partial charge is 0.0656 e. The summed E-state index contributed by atoms with van der Waals surface area (Å²) in [6.45, 7) is 8.91. The third kappa shape index (κ3) is 3.56. The first-order chi connectivity index (χ1) is 4.22. The molecule has 1 rings (SSSR count). The molecule has 1 aliphatic rings. The second-order valence-corrected chi connectivity index (χ2v) is 3.24. The van der Waals surface area contributed by atoms with Gasteiger partial charge in [0.25, 0.3) is 0 Å². The van der Waals surface area contributed by atoms with Crippen LogP contribution < -0.4 is 0 Å². The molecule has 0 aromatic heterocycles. The third-order valence-electron chi connectivity index (χ3n) is 2.05. The Hall–Kier alpha value is 0. The minimum absolute atomic E-state index is 1.03. The summed E-state index contributed by atoms with van der Waals surface area (Å²) in [4.78, 5) is 0.